The van der Waals surface area contributed by atoms with Crippen molar-refractivity contribution in [1.29, 1.82) is 0 Å². The summed E-state index contributed by atoms with van der Waals surface area (Å²) in [5, 5.41) is 0. The molecule has 0 amide bonds. The molecule has 1 aliphatic heterocycles. The number of hydrogen-bond acceptors (Lipinski definition) is 1. The molecule has 18 heavy (non-hydrogen) atoms. The SMILES string of the molecule is Cc1cc2c(cc1Br)[C@]1(C)CC[C@](CI)(O2)[C@H]1C. The van der Waals surface area contributed by atoms with Gasteiger partial charge in [0.2, 0.25) is 0 Å². The van der Waals surface area contributed by atoms with Crippen molar-refractivity contribution < 1.29 is 4.74 Å². The zero-order chi connectivity index (χ0) is 13.1. The third-order valence-corrected chi connectivity index (χ3v) is 7.37. The Kier molecular flexibility index (Phi) is 3.02. The average molecular weight is 421 g/mol. The predicted octanol–water partition coefficient (Wildman–Crippen LogP) is 5.01. The number of aryl methyl sites for hydroxylation is 1. The van der Waals surface area contributed by atoms with Gasteiger partial charge in [0.15, 0.2) is 0 Å². The van der Waals surface area contributed by atoms with Gasteiger partial charge >= 0.3 is 0 Å². The van der Waals surface area contributed by atoms with Crippen molar-refractivity contribution in [3.8, 4) is 5.75 Å². The molecule has 98 valence electrons. The normalized spacial score (nSPS) is 37.3. The number of fused-ring (bicyclic) bond motifs is 4. The van der Waals surface area contributed by atoms with Gasteiger partial charge in [-0.3, -0.25) is 0 Å². The zero-order valence-electron chi connectivity index (χ0n) is 11.0. The number of alkyl halides is 1. The molecule has 2 bridgehead atoms. The third-order valence-electron chi connectivity index (χ3n) is 5.23. The van der Waals surface area contributed by atoms with E-state index < -0.39 is 0 Å². The molecule has 0 saturated heterocycles. The molecule has 1 nitrogen and oxygen atoms in total. The van der Waals surface area contributed by atoms with E-state index >= 15 is 0 Å². The molecule has 3 rings (SSSR count). The van der Waals surface area contributed by atoms with E-state index in [0.29, 0.717) is 5.92 Å². The Labute approximate surface area is 131 Å². The quantitative estimate of drug-likeness (QED) is 0.458. The minimum absolute atomic E-state index is 0.0581. The molecule has 0 radical (unpaired) electrons. The summed E-state index contributed by atoms with van der Waals surface area (Å²) in [6.07, 6.45) is 2.42. The molecule has 2 aliphatic rings. The summed E-state index contributed by atoms with van der Waals surface area (Å²) >= 11 is 6.15. The van der Waals surface area contributed by atoms with Gasteiger partial charge in [0.1, 0.15) is 11.4 Å². The maximum absolute atomic E-state index is 6.44. The zero-order valence-corrected chi connectivity index (χ0v) is 14.8. The highest BCUT2D eigenvalue weighted by Gasteiger charge is 2.58. The van der Waals surface area contributed by atoms with Crippen LogP contribution in [0.1, 0.15) is 37.8 Å². The lowest BCUT2D eigenvalue weighted by atomic mass is 9.70. The summed E-state index contributed by atoms with van der Waals surface area (Å²) in [6.45, 7) is 6.91. The van der Waals surface area contributed by atoms with E-state index in [9.17, 15) is 0 Å². The molecule has 1 heterocycles. The maximum Gasteiger partial charge on any atom is 0.124 e. The van der Waals surface area contributed by atoms with Crippen molar-refractivity contribution in [2.75, 3.05) is 4.43 Å². The Morgan fingerprint density at radius 2 is 2.17 bits per heavy atom. The van der Waals surface area contributed by atoms with Gasteiger partial charge in [0, 0.05) is 25.8 Å². The van der Waals surface area contributed by atoms with E-state index in [0.717, 1.165) is 10.2 Å². The van der Waals surface area contributed by atoms with E-state index in [4.69, 9.17) is 4.74 Å². The van der Waals surface area contributed by atoms with Crippen LogP contribution in [0.3, 0.4) is 0 Å². The fraction of sp³-hybridized carbons (Fsp3) is 0.600. The summed E-state index contributed by atoms with van der Waals surface area (Å²) in [4.78, 5) is 0. The number of halogens is 2. The van der Waals surface area contributed by atoms with Gasteiger partial charge in [-0.15, -0.1) is 0 Å². The second-order valence-corrected chi connectivity index (χ2v) is 7.65. The first-order chi connectivity index (χ1) is 8.43. The van der Waals surface area contributed by atoms with Crippen LogP contribution < -0.4 is 4.74 Å². The van der Waals surface area contributed by atoms with Crippen LogP contribution in [0.15, 0.2) is 16.6 Å². The fourth-order valence-electron chi connectivity index (χ4n) is 3.61. The molecule has 0 aromatic heterocycles. The second kappa shape index (κ2) is 4.11. The monoisotopic (exact) mass is 420 g/mol. The van der Waals surface area contributed by atoms with Crippen molar-refractivity contribution in [2.24, 2.45) is 5.92 Å². The maximum atomic E-state index is 6.44. The molecule has 3 heteroatoms. The van der Waals surface area contributed by atoms with Crippen LogP contribution in [0.2, 0.25) is 0 Å². The minimum Gasteiger partial charge on any atom is -0.486 e. The Bertz CT molecular complexity index is 515. The first-order valence-electron chi connectivity index (χ1n) is 6.48. The average Bonchev–Trinajstić information content (AvgIpc) is 2.52. The molecule has 1 saturated carbocycles. The highest BCUT2D eigenvalue weighted by atomic mass is 127. The van der Waals surface area contributed by atoms with Crippen molar-refractivity contribution in [2.45, 2.75) is 44.6 Å². The largest absolute Gasteiger partial charge is 0.486 e. The number of hydrogen-bond donors (Lipinski definition) is 0. The standard InChI is InChI=1S/C15H18BrIO/c1-9-6-13-11(7-12(9)16)14(3)4-5-15(8-17,18-13)10(14)2/h6-7,10H,4-5,8H2,1-3H3/t10-,14+,15+/m0/s1. The smallest absolute Gasteiger partial charge is 0.124 e. The number of benzene rings is 1. The van der Waals surface area contributed by atoms with Gasteiger partial charge in [-0.25, -0.2) is 0 Å². The Balaban J connectivity index is 2.22. The summed E-state index contributed by atoms with van der Waals surface area (Å²) in [5.41, 5.74) is 2.98. The lowest BCUT2D eigenvalue weighted by Gasteiger charge is -2.45. The molecule has 0 unspecified atom stereocenters. The van der Waals surface area contributed by atoms with Crippen LogP contribution in [0.25, 0.3) is 0 Å². The van der Waals surface area contributed by atoms with E-state index in [1.165, 1.54) is 28.4 Å². The minimum atomic E-state index is 0.0581. The van der Waals surface area contributed by atoms with Crippen molar-refractivity contribution in [1.82, 2.24) is 0 Å². The molecule has 1 fully saturated rings. The molecule has 3 atom stereocenters. The summed E-state index contributed by atoms with van der Waals surface area (Å²) in [6, 6.07) is 4.49. The Morgan fingerprint density at radius 3 is 2.83 bits per heavy atom. The van der Waals surface area contributed by atoms with Crippen LogP contribution >= 0.6 is 38.5 Å². The molecular weight excluding hydrogens is 403 g/mol. The van der Waals surface area contributed by atoms with Crippen LogP contribution in [0.4, 0.5) is 0 Å². The van der Waals surface area contributed by atoms with Crippen LogP contribution in [0.5, 0.6) is 5.75 Å². The van der Waals surface area contributed by atoms with Crippen molar-refractivity contribution in [3.63, 3.8) is 0 Å². The van der Waals surface area contributed by atoms with Crippen molar-refractivity contribution in [3.05, 3.63) is 27.7 Å². The Morgan fingerprint density at radius 1 is 1.44 bits per heavy atom. The molecule has 1 aromatic carbocycles. The molecular formula is C15H18BrIO. The lowest BCUT2D eigenvalue weighted by Crippen LogP contribution is -2.49. The summed E-state index contributed by atoms with van der Waals surface area (Å²) in [7, 11) is 0. The molecule has 1 aliphatic carbocycles. The van der Waals surface area contributed by atoms with Gasteiger partial charge in [-0.2, -0.15) is 0 Å². The molecule has 1 aromatic rings. The highest BCUT2D eigenvalue weighted by molar-refractivity contribution is 14.1. The summed E-state index contributed by atoms with van der Waals surface area (Å²) in [5.74, 6) is 1.70. The van der Waals surface area contributed by atoms with Crippen LogP contribution in [-0.2, 0) is 5.41 Å². The predicted molar refractivity (Wildman–Crippen MR) is 86.9 cm³/mol. The first-order valence-corrected chi connectivity index (χ1v) is 8.80. The highest BCUT2D eigenvalue weighted by Crippen LogP contribution is 2.59. The number of ether oxygens (including phenoxy) is 1. The van der Waals surface area contributed by atoms with Gasteiger partial charge in [0.05, 0.1) is 0 Å². The van der Waals surface area contributed by atoms with Crippen molar-refractivity contribution >= 4 is 38.5 Å². The van der Waals surface area contributed by atoms with Gasteiger partial charge < -0.3 is 4.74 Å². The summed E-state index contributed by atoms with van der Waals surface area (Å²) < 4.78 is 8.73. The van der Waals surface area contributed by atoms with Gasteiger partial charge in [-0.05, 0) is 37.5 Å². The molecule has 0 N–H and O–H groups in total. The molecule has 0 spiro atoms. The first kappa shape index (κ1) is 13.2. The Hall–Kier alpha value is 0.230. The van der Waals surface area contributed by atoms with E-state index in [1.807, 2.05) is 0 Å². The van der Waals surface area contributed by atoms with E-state index in [2.05, 4.69) is 71.4 Å². The van der Waals surface area contributed by atoms with E-state index in [-0.39, 0.29) is 11.0 Å². The topological polar surface area (TPSA) is 9.23 Å². The fourth-order valence-corrected chi connectivity index (χ4v) is 5.15. The second-order valence-electron chi connectivity index (χ2n) is 6.04. The third kappa shape index (κ3) is 1.55. The van der Waals surface area contributed by atoms with Crippen LogP contribution in [0, 0.1) is 12.8 Å². The number of rotatable bonds is 1. The van der Waals surface area contributed by atoms with Crippen LogP contribution in [-0.4, -0.2) is 10.0 Å². The lowest BCUT2D eigenvalue weighted by molar-refractivity contribution is 0.0287. The van der Waals surface area contributed by atoms with Gasteiger partial charge in [-0.1, -0.05) is 52.4 Å². The van der Waals surface area contributed by atoms with Gasteiger partial charge in [0.25, 0.3) is 0 Å². The van der Waals surface area contributed by atoms with E-state index in [1.54, 1.807) is 0 Å².